The number of aromatic nitrogens is 5. The van der Waals surface area contributed by atoms with Gasteiger partial charge in [-0.25, -0.2) is 4.98 Å². The molecule has 1 saturated heterocycles. The van der Waals surface area contributed by atoms with Crippen LogP contribution in [0.1, 0.15) is 40.5 Å². The van der Waals surface area contributed by atoms with Crippen LogP contribution < -0.4 is 10.1 Å². The van der Waals surface area contributed by atoms with Gasteiger partial charge in [0.05, 0.1) is 18.0 Å². The van der Waals surface area contributed by atoms with Crippen molar-refractivity contribution in [1.29, 1.82) is 0 Å². The summed E-state index contributed by atoms with van der Waals surface area (Å²) in [5.74, 6) is 0.822. The number of nitrogens with zero attached hydrogens (tertiary/aromatic N) is 4. The molecule has 160 valence electrons. The number of H-pyrrole nitrogens is 1. The fourth-order valence-electron chi connectivity index (χ4n) is 4.23. The van der Waals surface area contributed by atoms with Crippen LogP contribution in [0.4, 0.5) is 0 Å². The molecule has 0 amide bonds. The van der Waals surface area contributed by atoms with Gasteiger partial charge in [-0.05, 0) is 45.4 Å². The lowest BCUT2D eigenvalue weighted by atomic mass is 9.81. The van der Waals surface area contributed by atoms with Crippen molar-refractivity contribution in [3.8, 4) is 34.1 Å². The number of hydrogen-bond donors (Lipinski definition) is 3. The number of rotatable bonds is 4. The van der Waals surface area contributed by atoms with Crippen LogP contribution in [-0.4, -0.2) is 47.7 Å². The van der Waals surface area contributed by atoms with Crippen molar-refractivity contribution in [2.75, 3.05) is 0 Å². The highest BCUT2D eigenvalue weighted by Crippen LogP contribution is 2.33. The molecule has 1 aliphatic rings. The third-order valence-corrected chi connectivity index (χ3v) is 5.05. The number of aromatic amines is 1. The summed E-state index contributed by atoms with van der Waals surface area (Å²) < 4.78 is 6.07. The summed E-state index contributed by atoms with van der Waals surface area (Å²) in [4.78, 5) is 4.35. The van der Waals surface area contributed by atoms with Crippen molar-refractivity contribution >= 4 is 12.4 Å². The average molecular weight is 431 g/mol. The summed E-state index contributed by atoms with van der Waals surface area (Å²) in [7, 11) is 0. The molecule has 0 unspecified atom stereocenters. The SMILES string of the molecule is CC1(C)CC(Oc2cnc(-c3ccc(-c4cn[nH]c4)cc3O)nn2)CC(C)(C)N1.Cl. The van der Waals surface area contributed by atoms with E-state index in [2.05, 4.69) is 58.4 Å². The number of halogens is 1. The van der Waals surface area contributed by atoms with Crippen molar-refractivity contribution in [2.24, 2.45) is 0 Å². The number of aromatic hydroxyl groups is 1. The Balaban J connectivity index is 0.00000256. The zero-order chi connectivity index (χ0) is 20.6. The van der Waals surface area contributed by atoms with Gasteiger partial charge in [-0.2, -0.15) is 5.10 Å². The van der Waals surface area contributed by atoms with Gasteiger partial charge in [-0.15, -0.1) is 22.6 Å². The van der Waals surface area contributed by atoms with Gasteiger partial charge >= 0.3 is 0 Å². The molecule has 3 aromatic rings. The number of nitrogens with one attached hydrogen (secondary N) is 2. The number of phenols is 1. The summed E-state index contributed by atoms with van der Waals surface area (Å²) >= 11 is 0. The van der Waals surface area contributed by atoms with E-state index >= 15 is 0 Å². The molecule has 0 aliphatic carbocycles. The predicted octanol–water partition coefficient (Wildman–Crippen LogP) is 3.74. The quantitative estimate of drug-likeness (QED) is 0.578. The Kier molecular flexibility index (Phi) is 6.01. The molecule has 0 spiro atoms. The highest BCUT2D eigenvalue weighted by molar-refractivity contribution is 5.85. The minimum absolute atomic E-state index is 0. The maximum atomic E-state index is 10.4. The first-order chi connectivity index (χ1) is 13.7. The van der Waals surface area contributed by atoms with E-state index in [4.69, 9.17) is 4.74 Å². The van der Waals surface area contributed by atoms with Gasteiger partial charge in [0, 0.05) is 35.7 Å². The van der Waals surface area contributed by atoms with E-state index < -0.39 is 0 Å². The van der Waals surface area contributed by atoms with Crippen LogP contribution in [0.5, 0.6) is 11.6 Å². The van der Waals surface area contributed by atoms with E-state index in [9.17, 15) is 5.11 Å². The molecule has 1 aromatic carbocycles. The van der Waals surface area contributed by atoms with Crippen LogP contribution in [0.3, 0.4) is 0 Å². The lowest BCUT2D eigenvalue weighted by molar-refractivity contribution is 0.0521. The number of piperidine rings is 1. The van der Waals surface area contributed by atoms with E-state index in [0.29, 0.717) is 17.3 Å². The van der Waals surface area contributed by atoms with Crippen LogP contribution >= 0.6 is 12.4 Å². The Morgan fingerprint density at radius 1 is 1.03 bits per heavy atom. The molecule has 2 aromatic heterocycles. The number of benzene rings is 1. The lowest BCUT2D eigenvalue weighted by Crippen LogP contribution is -2.60. The van der Waals surface area contributed by atoms with Gasteiger partial charge in [-0.3, -0.25) is 5.10 Å². The minimum atomic E-state index is -0.0181. The van der Waals surface area contributed by atoms with Gasteiger partial charge in [0.2, 0.25) is 0 Å². The number of ether oxygens (including phenoxy) is 1. The summed E-state index contributed by atoms with van der Waals surface area (Å²) in [5, 5.41) is 29.1. The Bertz CT molecular complexity index is 973. The molecule has 30 heavy (non-hydrogen) atoms. The first-order valence-electron chi connectivity index (χ1n) is 9.69. The largest absolute Gasteiger partial charge is 0.507 e. The summed E-state index contributed by atoms with van der Waals surface area (Å²) in [6.45, 7) is 8.70. The minimum Gasteiger partial charge on any atom is -0.507 e. The van der Waals surface area contributed by atoms with Crippen molar-refractivity contribution < 1.29 is 9.84 Å². The molecule has 1 aliphatic heterocycles. The molecule has 8 nitrogen and oxygen atoms in total. The van der Waals surface area contributed by atoms with Crippen molar-refractivity contribution in [1.82, 2.24) is 30.7 Å². The fourth-order valence-corrected chi connectivity index (χ4v) is 4.23. The van der Waals surface area contributed by atoms with Gasteiger partial charge in [0.1, 0.15) is 11.9 Å². The second-order valence-corrected chi connectivity index (χ2v) is 8.88. The van der Waals surface area contributed by atoms with Crippen LogP contribution in [-0.2, 0) is 0 Å². The summed E-state index contributed by atoms with van der Waals surface area (Å²) in [5.41, 5.74) is 2.22. The van der Waals surface area contributed by atoms with Gasteiger partial charge in [0.25, 0.3) is 5.88 Å². The van der Waals surface area contributed by atoms with E-state index in [-0.39, 0.29) is 35.3 Å². The predicted molar refractivity (Wildman–Crippen MR) is 117 cm³/mol. The van der Waals surface area contributed by atoms with Crippen LogP contribution in [0.25, 0.3) is 22.5 Å². The van der Waals surface area contributed by atoms with Gasteiger partial charge in [0.15, 0.2) is 5.82 Å². The number of hydrogen-bond acceptors (Lipinski definition) is 7. The zero-order valence-electron chi connectivity index (χ0n) is 17.5. The first-order valence-corrected chi connectivity index (χ1v) is 9.69. The molecule has 1 fully saturated rings. The Morgan fingerprint density at radius 3 is 2.33 bits per heavy atom. The summed E-state index contributed by atoms with van der Waals surface area (Å²) in [6, 6.07) is 5.31. The zero-order valence-corrected chi connectivity index (χ0v) is 18.3. The van der Waals surface area contributed by atoms with Crippen molar-refractivity contribution in [3.05, 3.63) is 36.8 Å². The standard InChI is InChI=1S/C21H26N6O2.ClH/c1-20(2)8-15(9-21(3,4)27-20)29-18-12-22-19(26-25-18)16-6-5-13(7-17(16)28)14-10-23-24-11-14;/h5-7,10-12,15,27-28H,8-9H2,1-4H3,(H,23,24);1H. The fraction of sp³-hybridized carbons (Fsp3) is 0.429. The Labute approximate surface area is 181 Å². The van der Waals surface area contributed by atoms with Gasteiger partial charge in [-0.1, -0.05) is 6.07 Å². The maximum absolute atomic E-state index is 10.4. The Hall–Kier alpha value is -2.71. The number of phenolic OH excluding ortho intramolecular Hbond substituents is 1. The summed E-state index contributed by atoms with van der Waals surface area (Å²) in [6.07, 6.45) is 6.80. The molecule has 9 heteroatoms. The van der Waals surface area contributed by atoms with E-state index in [0.717, 1.165) is 24.0 Å². The smallest absolute Gasteiger partial charge is 0.252 e. The van der Waals surface area contributed by atoms with Crippen LogP contribution in [0, 0.1) is 0 Å². The highest BCUT2D eigenvalue weighted by Gasteiger charge is 2.38. The van der Waals surface area contributed by atoms with Crippen molar-refractivity contribution in [2.45, 2.75) is 57.7 Å². The molecule has 0 radical (unpaired) electrons. The second kappa shape index (κ2) is 8.20. The molecule has 3 heterocycles. The van der Waals surface area contributed by atoms with Crippen LogP contribution in [0.15, 0.2) is 36.8 Å². The molecule has 0 atom stereocenters. The third-order valence-electron chi connectivity index (χ3n) is 5.05. The molecular weight excluding hydrogens is 404 g/mol. The maximum Gasteiger partial charge on any atom is 0.252 e. The molecule has 0 bridgehead atoms. The first kappa shape index (κ1) is 22.0. The Morgan fingerprint density at radius 2 is 1.77 bits per heavy atom. The highest BCUT2D eigenvalue weighted by atomic mass is 35.5. The van der Waals surface area contributed by atoms with Crippen LogP contribution in [0.2, 0.25) is 0 Å². The van der Waals surface area contributed by atoms with Crippen molar-refractivity contribution in [3.63, 3.8) is 0 Å². The van der Waals surface area contributed by atoms with Gasteiger partial charge < -0.3 is 15.2 Å². The molecule has 3 N–H and O–H groups in total. The molecule has 0 saturated carbocycles. The monoisotopic (exact) mass is 430 g/mol. The molecular formula is C21H27ClN6O2. The lowest BCUT2D eigenvalue weighted by Gasteiger charge is -2.45. The average Bonchev–Trinajstić information content (AvgIpc) is 3.14. The van der Waals surface area contributed by atoms with E-state index in [1.807, 2.05) is 6.07 Å². The second-order valence-electron chi connectivity index (χ2n) is 8.88. The molecule has 4 rings (SSSR count). The topological polar surface area (TPSA) is 109 Å². The van der Waals surface area contributed by atoms with E-state index in [1.54, 1.807) is 30.7 Å². The third kappa shape index (κ3) is 4.88. The normalized spacial score (nSPS) is 17.9. The van der Waals surface area contributed by atoms with E-state index in [1.165, 1.54) is 0 Å².